The van der Waals surface area contributed by atoms with Crippen LogP contribution in [0.3, 0.4) is 0 Å². The van der Waals surface area contributed by atoms with Crippen molar-refractivity contribution in [2.75, 3.05) is 0 Å². The first-order chi connectivity index (χ1) is 9.32. The monoisotopic (exact) mass is 357 g/mol. The van der Waals surface area contributed by atoms with Crippen molar-refractivity contribution in [3.8, 4) is 5.75 Å². The second-order valence-electron chi connectivity index (χ2n) is 3.87. The van der Waals surface area contributed by atoms with Crippen molar-refractivity contribution in [3.63, 3.8) is 0 Å². The highest BCUT2D eigenvalue weighted by molar-refractivity contribution is 9.10. The third-order valence-electron chi connectivity index (χ3n) is 2.59. The zero-order valence-corrected chi connectivity index (χ0v) is 12.3. The van der Waals surface area contributed by atoms with Gasteiger partial charge in [-0.25, -0.2) is 8.42 Å². The standard InChI is InChI=1S/C12H8BrNO5S/c13-11-7-10(5-6-12(11)15)20(18,19)9-3-1-8(2-4-9)14(16)17/h1-7,15H. The van der Waals surface area contributed by atoms with E-state index in [4.69, 9.17) is 0 Å². The van der Waals surface area contributed by atoms with Crippen molar-refractivity contribution < 1.29 is 18.4 Å². The van der Waals surface area contributed by atoms with Crippen LogP contribution < -0.4 is 0 Å². The fourth-order valence-electron chi connectivity index (χ4n) is 1.54. The molecule has 0 amide bonds. The average molecular weight is 358 g/mol. The molecule has 6 nitrogen and oxygen atoms in total. The molecule has 104 valence electrons. The molecule has 2 rings (SSSR count). The Morgan fingerprint density at radius 1 is 1.05 bits per heavy atom. The lowest BCUT2D eigenvalue weighted by molar-refractivity contribution is -0.384. The van der Waals surface area contributed by atoms with Gasteiger partial charge >= 0.3 is 0 Å². The Hall–Kier alpha value is -1.93. The lowest BCUT2D eigenvalue weighted by Gasteiger charge is -2.05. The van der Waals surface area contributed by atoms with Gasteiger partial charge in [0.1, 0.15) is 5.75 Å². The van der Waals surface area contributed by atoms with Gasteiger partial charge in [-0.15, -0.1) is 0 Å². The van der Waals surface area contributed by atoms with Crippen molar-refractivity contribution in [2.45, 2.75) is 9.79 Å². The van der Waals surface area contributed by atoms with E-state index in [0.29, 0.717) is 0 Å². The molecule has 0 spiro atoms. The maximum Gasteiger partial charge on any atom is 0.269 e. The molecule has 1 N–H and O–H groups in total. The predicted octanol–water partition coefficient (Wildman–Crippen LogP) is 2.90. The number of benzene rings is 2. The maximum atomic E-state index is 12.3. The smallest absolute Gasteiger partial charge is 0.269 e. The van der Waals surface area contributed by atoms with E-state index in [9.17, 15) is 23.6 Å². The molecule has 0 aliphatic carbocycles. The molecule has 0 atom stereocenters. The summed E-state index contributed by atoms with van der Waals surface area (Å²) < 4.78 is 24.9. The number of nitro benzene ring substituents is 1. The Morgan fingerprint density at radius 3 is 2.10 bits per heavy atom. The average Bonchev–Trinajstić information content (AvgIpc) is 2.41. The Labute approximate surface area is 122 Å². The molecule has 0 fully saturated rings. The number of nitrogens with zero attached hydrogens (tertiary/aromatic N) is 1. The molecular formula is C12H8BrNO5S. The van der Waals surface area contributed by atoms with Crippen LogP contribution in [0.15, 0.2) is 56.7 Å². The Bertz CT molecular complexity index is 771. The number of hydrogen-bond donors (Lipinski definition) is 1. The van der Waals surface area contributed by atoms with Crippen molar-refractivity contribution in [1.29, 1.82) is 0 Å². The van der Waals surface area contributed by atoms with Crippen LogP contribution in [0.4, 0.5) is 5.69 Å². The van der Waals surface area contributed by atoms with E-state index in [2.05, 4.69) is 15.9 Å². The quantitative estimate of drug-likeness (QED) is 0.672. The minimum Gasteiger partial charge on any atom is -0.507 e. The number of phenols is 1. The minimum atomic E-state index is -3.78. The van der Waals surface area contributed by atoms with Gasteiger partial charge < -0.3 is 5.11 Å². The van der Waals surface area contributed by atoms with Gasteiger partial charge in [-0.3, -0.25) is 10.1 Å². The highest BCUT2D eigenvalue weighted by Gasteiger charge is 2.19. The molecule has 0 aromatic heterocycles. The summed E-state index contributed by atoms with van der Waals surface area (Å²) in [5.74, 6) is -0.0763. The summed E-state index contributed by atoms with van der Waals surface area (Å²) in [7, 11) is -3.78. The maximum absolute atomic E-state index is 12.3. The van der Waals surface area contributed by atoms with E-state index in [1.54, 1.807) is 0 Å². The van der Waals surface area contributed by atoms with Crippen molar-refractivity contribution in [2.24, 2.45) is 0 Å². The van der Waals surface area contributed by atoms with Crippen molar-refractivity contribution >= 4 is 31.5 Å². The molecule has 8 heteroatoms. The van der Waals surface area contributed by atoms with E-state index in [1.807, 2.05) is 0 Å². The lowest BCUT2D eigenvalue weighted by atomic mass is 10.3. The molecular weight excluding hydrogens is 350 g/mol. The number of rotatable bonds is 3. The number of phenolic OH excluding ortho intramolecular Hbond substituents is 1. The number of halogens is 1. The summed E-state index contributed by atoms with van der Waals surface area (Å²) in [4.78, 5) is 9.86. The topological polar surface area (TPSA) is 97.5 Å². The zero-order valence-electron chi connectivity index (χ0n) is 9.86. The first kappa shape index (κ1) is 14.5. The van der Waals surface area contributed by atoms with Crippen LogP contribution in [-0.4, -0.2) is 18.4 Å². The zero-order chi connectivity index (χ0) is 14.9. The number of nitro groups is 1. The van der Waals surface area contributed by atoms with Crippen LogP contribution in [0.2, 0.25) is 0 Å². The van der Waals surface area contributed by atoms with Crippen LogP contribution in [0.1, 0.15) is 0 Å². The van der Waals surface area contributed by atoms with Gasteiger partial charge in [0.05, 0.1) is 19.2 Å². The van der Waals surface area contributed by atoms with E-state index in [1.165, 1.54) is 30.3 Å². The molecule has 0 aliphatic rings. The molecule has 2 aromatic rings. The molecule has 0 saturated heterocycles. The number of aromatic hydroxyl groups is 1. The Balaban J connectivity index is 2.49. The van der Waals surface area contributed by atoms with Crippen LogP contribution >= 0.6 is 15.9 Å². The minimum absolute atomic E-state index is 0.0176. The highest BCUT2D eigenvalue weighted by Crippen LogP contribution is 2.29. The summed E-state index contributed by atoms with van der Waals surface area (Å²) in [6, 6.07) is 8.39. The van der Waals surface area contributed by atoms with Gasteiger partial charge in [-0.1, -0.05) is 0 Å². The van der Waals surface area contributed by atoms with Gasteiger partial charge in [0.25, 0.3) is 5.69 Å². The third-order valence-corrected chi connectivity index (χ3v) is 4.99. The Kier molecular flexibility index (Phi) is 3.78. The van der Waals surface area contributed by atoms with Gasteiger partial charge in [-0.05, 0) is 46.3 Å². The number of hydrogen-bond acceptors (Lipinski definition) is 5. The highest BCUT2D eigenvalue weighted by atomic mass is 79.9. The number of non-ortho nitro benzene ring substituents is 1. The second-order valence-corrected chi connectivity index (χ2v) is 6.67. The van der Waals surface area contributed by atoms with E-state index >= 15 is 0 Å². The van der Waals surface area contributed by atoms with Crippen LogP contribution in [-0.2, 0) is 9.84 Å². The van der Waals surface area contributed by atoms with Crippen LogP contribution in [0, 0.1) is 10.1 Å². The summed E-state index contributed by atoms with van der Waals surface area (Å²) in [5.41, 5.74) is -0.184. The summed E-state index contributed by atoms with van der Waals surface area (Å²) in [6.45, 7) is 0. The molecule has 2 aromatic carbocycles. The molecule has 0 saturated carbocycles. The van der Waals surface area contributed by atoms with Crippen LogP contribution in [0.5, 0.6) is 5.75 Å². The van der Waals surface area contributed by atoms with E-state index < -0.39 is 14.8 Å². The van der Waals surface area contributed by atoms with E-state index in [0.717, 1.165) is 12.1 Å². The first-order valence-electron chi connectivity index (χ1n) is 5.30. The molecule has 20 heavy (non-hydrogen) atoms. The van der Waals surface area contributed by atoms with Crippen LogP contribution in [0.25, 0.3) is 0 Å². The third kappa shape index (κ3) is 2.66. The SMILES string of the molecule is O=[N+]([O-])c1ccc(S(=O)(=O)c2ccc(O)c(Br)c2)cc1. The summed E-state index contributed by atoms with van der Waals surface area (Å²) in [5, 5.41) is 19.9. The van der Waals surface area contributed by atoms with Gasteiger partial charge in [0, 0.05) is 12.1 Å². The van der Waals surface area contributed by atoms with Gasteiger partial charge in [0.2, 0.25) is 9.84 Å². The van der Waals surface area contributed by atoms with Crippen molar-refractivity contribution in [1.82, 2.24) is 0 Å². The lowest BCUT2D eigenvalue weighted by Crippen LogP contribution is -2.02. The summed E-state index contributed by atoms with van der Waals surface area (Å²) in [6.07, 6.45) is 0. The predicted molar refractivity (Wildman–Crippen MR) is 74.4 cm³/mol. The van der Waals surface area contributed by atoms with Gasteiger partial charge in [0.15, 0.2) is 0 Å². The first-order valence-corrected chi connectivity index (χ1v) is 7.58. The summed E-state index contributed by atoms with van der Waals surface area (Å²) >= 11 is 3.04. The normalized spacial score (nSPS) is 11.2. The molecule has 0 aliphatic heterocycles. The fourth-order valence-corrected chi connectivity index (χ4v) is 3.35. The molecule has 0 unspecified atom stereocenters. The van der Waals surface area contributed by atoms with Gasteiger partial charge in [-0.2, -0.15) is 0 Å². The molecule has 0 bridgehead atoms. The fraction of sp³-hybridized carbons (Fsp3) is 0. The Morgan fingerprint density at radius 2 is 1.60 bits per heavy atom. The second kappa shape index (κ2) is 5.22. The van der Waals surface area contributed by atoms with Crippen molar-refractivity contribution in [3.05, 3.63) is 57.1 Å². The largest absolute Gasteiger partial charge is 0.507 e. The molecule has 0 heterocycles. The molecule has 0 radical (unpaired) electrons. The number of sulfone groups is 1. The van der Waals surface area contributed by atoms with E-state index in [-0.39, 0.29) is 25.7 Å².